The molecule has 3 N–H and O–H groups in total. The number of aryl methyl sites for hydroxylation is 2. The predicted molar refractivity (Wildman–Crippen MR) is 166 cm³/mol. The highest BCUT2D eigenvalue weighted by Crippen LogP contribution is 2.30. The second kappa shape index (κ2) is 15.2. The average molecular weight is 634 g/mol. The lowest BCUT2D eigenvalue weighted by Crippen LogP contribution is -2.32. The Morgan fingerprint density at radius 1 is 1.16 bits per heavy atom. The Bertz CT molecular complexity index is 1540. The standard InChI is InChI=1S/C29H39N5O7S2/c1-8-19-24(42-17(2)32-19)26(36)33-27-34(13-10-9-12-31-28(37)41-29(3,4)5)23-20(40-14-11-22(38-6)39-7)15-18(25(30)35)16-21(23)43-27/h9-10,15-16,22H,8,11-14H2,1-7H3,(H2,30,35)(H,31,37)/b10-9+,33-27?. The van der Waals surface area contributed by atoms with E-state index in [0.29, 0.717) is 44.2 Å². The molecule has 234 valence electrons. The van der Waals surface area contributed by atoms with Crippen molar-refractivity contribution in [1.29, 1.82) is 0 Å². The van der Waals surface area contributed by atoms with Gasteiger partial charge in [-0.25, -0.2) is 9.78 Å². The Kier molecular flexibility index (Phi) is 12.0. The van der Waals surface area contributed by atoms with Crippen molar-refractivity contribution in [3.63, 3.8) is 0 Å². The molecule has 3 rings (SSSR count). The third kappa shape index (κ3) is 9.45. The molecule has 3 amide bonds. The lowest BCUT2D eigenvalue weighted by molar-refractivity contribution is -0.110. The Hall–Kier alpha value is -3.59. The first-order valence-corrected chi connectivity index (χ1v) is 15.3. The van der Waals surface area contributed by atoms with Gasteiger partial charge in [-0.3, -0.25) is 9.59 Å². The van der Waals surface area contributed by atoms with Crippen LogP contribution in [0.5, 0.6) is 5.75 Å². The number of primary amides is 1. The molecule has 3 aromatic rings. The minimum Gasteiger partial charge on any atom is -0.491 e. The number of nitrogens with two attached hydrogens (primary N) is 1. The first kappa shape index (κ1) is 33.9. The van der Waals surface area contributed by atoms with Crippen LogP contribution < -0.4 is 20.6 Å². The molecule has 0 spiro atoms. The number of ether oxygens (including phenoxy) is 4. The first-order chi connectivity index (χ1) is 20.4. The molecule has 0 radical (unpaired) electrons. The number of carbonyl (C=O) groups excluding carboxylic acids is 3. The van der Waals surface area contributed by atoms with Crippen molar-refractivity contribution < 1.29 is 33.3 Å². The summed E-state index contributed by atoms with van der Waals surface area (Å²) in [5, 5.41) is 3.47. The molecule has 2 aromatic heterocycles. The number of aromatic nitrogens is 2. The quantitative estimate of drug-likeness (QED) is 0.208. The number of amides is 3. The molecule has 14 heteroatoms. The Morgan fingerprint density at radius 3 is 2.51 bits per heavy atom. The Morgan fingerprint density at radius 2 is 1.88 bits per heavy atom. The van der Waals surface area contributed by atoms with E-state index in [2.05, 4.69) is 15.3 Å². The van der Waals surface area contributed by atoms with Gasteiger partial charge < -0.3 is 34.6 Å². The van der Waals surface area contributed by atoms with Crippen molar-refractivity contribution in [2.45, 2.75) is 65.9 Å². The Balaban J connectivity index is 2.05. The summed E-state index contributed by atoms with van der Waals surface area (Å²) in [7, 11) is 3.08. The number of thiazole rings is 2. The number of allylic oxidation sites excluding steroid dienone is 1. The zero-order chi connectivity index (χ0) is 31.7. The second-order valence-electron chi connectivity index (χ2n) is 10.4. The molecule has 0 bridgehead atoms. The van der Waals surface area contributed by atoms with Crippen LogP contribution in [-0.2, 0) is 27.2 Å². The maximum absolute atomic E-state index is 13.4. The van der Waals surface area contributed by atoms with Crippen molar-refractivity contribution in [3.8, 4) is 5.75 Å². The summed E-state index contributed by atoms with van der Waals surface area (Å²) < 4.78 is 24.4. The zero-order valence-electron chi connectivity index (χ0n) is 25.5. The minimum absolute atomic E-state index is 0.223. The normalized spacial score (nSPS) is 12.4. The van der Waals surface area contributed by atoms with Gasteiger partial charge >= 0.3 is 6.09 Å². The molecule has 0 saturated heterocycles. The van der Waals surface area contributed by atoms with Gasteiger partial charge in [0.05, 0.1) is 22.0 Å². The molecule has 1 aromatic carbocycles. The topological polar surface area (TPSA) is 156 Å². The second-order valence-corrected chi connectivity index (χ2v) is 12.6. The molecule has 0 atom stereocenters. The summed E-state index contributed by atoms with van der Waals surface area (Å²) in [5.74, 6) is -0.627. The SMILES string of the molecule is CCc1nc(C)sc1C(=O)N=c1sc2cc(C(N)=O)cc(OCCC(OC)OC)c2n1C/C=C/CNC(=O)OC(C)(C)C. The highest BCUT2D eigenvalue weighted by atomic mass is 32.1. The molecular formula is C29H39N5O7S2. The number of nitrogens with zero attached hydrogens (tertiary/aromatic N) is 3. The molecule has 0 fully saturated rings. The van der Waals surface area contributed by atoms with Gasteiger partial charge in [0, 0.05) is 39.3 Å². The lowest BCUT2D eigenvalue weighted by atomic mass is 10.2. The van der Waals surface area contributed by atoms with E-state index in [1.807, 2.05) is 24.5 Å². The van der Waals surface area contributed by atoms with E-state index < -0.39 is 29.8 Å². The van der Waals surface area contributed by atoms with E-state index >= 15 is 0 Å². The van der Waals surface area contributed by atoms with Crippen LogP contribution >= 0.6 is 22.7 Å². The summed E-state index contributed by atoms with van der Waals surface area (Å²) in [6.07, 6.45) is 3.63. The molecule has 0 aliphatic rings. The van der Waals surface area contributed by atoms with E-state index in [1.165, 1.54) is 36.9 Å². The number of carbonyl (C=O) groups is 3. The fourth-order valence-electron chi connectivity index (χ4n) is 4.01. The number of nitrogens with one attached hydrogen (secondary N) is 1. The van der Waals surface area contributed by atoms with Gasteiger partial charge in [-0.2, -0.15) is 4.99 Å². The fourth-order valence-corrected chi connectivity index (χ4v) is 6.00. The first-order valence-electron chi connectivity index (χ1n) is 13.7. The number of fused-ring (bicyclic) bond motifs is 1. The van der Waals surface area contributed by atoms with Gasteiger partial charge in [0.2, 0.25) is 5.91 Å². The van der Waals surface area contributed by atoms with Crippen LogP contribution in [-0.4, -0.2) is 66.7 Å². The van der Waals surface area contributed by atoms with E-state index in [9.17, 15) is 14.4 Å². The highest BCUT2D eigenvalue weighted by molar-refractivity contribution is 7.16. The van der Waals surface area contributed by atoms with Gasteiger partial charge in [0.25, 0.3) is 5.91 Å². The summed E-state index contributed by atoms with van der Waals surface area (Å²) >= 11 is 2.54. The van der Waals surface area contributed by atoms with E-state index in [-0.39, 0.29) is 25.3 Å². The van der Waals surface area contributed by atoms with Gasteiger partial charge in [-0.15, -0.1) is 11.3 Å². The molecule has 12 nitrogen and oxygen atoms in total. The zero-order valence-corrected chi connectivity index (χ0v) is 27.1. The van der Waals surface area contributed by atoms with Crippen LogP contribution in [0.1, 0.15) is 64.8 Å². The minimum atomic E-state index is -0.617. The van der Waals surface area contributed by atoms with Gasteiger partial charge in [0.15, 0.2) is 11.1 Å². The van der Waals surface area contributed by atoms with Crippen molar-refractivity contribution in [3.05, 3.63) is 50.2 Å². The summed E-state index contributed by atoms with van der Waals surface area (Å²) in [5.41, 5.74) is 6.61. The average Bonchev–Trinajstić information content (AvgIpc) is 3.49. The molecule has 43 heavy (non-hydrogen) atoms. The fraction of sp³-hybridized carbons (Fsp3) is 0.483. The maximum Gasteiger partial charge on any atom is 0.407 e. The third-order valence-electron chi connectivity index (χ3n) is 5.91. The molecule has 0 unspecified atom stereocenters. The van der Waals surface area contributed by atoms with Crippen LogP contribution in [0, 0.1) is 6.92 Å². The number of alkyl carbamates (subject to hydrolysis) is 1. The lowest BCUT2D eigenvalue weighted by Gasteiger charge is -2.19. The van der Waals surface area contributed by atoms with E-state index in [0.717, 1.165) is 5.01 Å². The largest absolute Gasteiger partial charge is 0.491 e. The van der Waals surface area contributed by atoms with Crippen molar-refractivity contribution in [1.82, 2.24) is 14.9 Å². The Labute approximate surface area is 258 Å². The predicted octanol–water partition coefficient (Wildman–Crippen LogP) is 4.34. The van der Waals surface area contributed by atoms with Crippen molar-refractivity contribution >= 4 is 50.8 Å². The van der Waals surface area contributed by atoms with Crippen molar-refractivity contribution in [2.24, 2.45) is 10.7 Å². The van der Waals surface area contributed by atoms with Crippen LogP contribution in [0.15, 0.2) is 29.3 Å². The molecule has 2 heterocycles. The molecule has 0 saturated carbocycles. The number of methoxy groups -OCH3 is 2. The molecule has 0 aliphatic heterocycles. The van der Waals surface area contributed by atoms with Gasteiger partial charge in [-0.1, -0.05) is 30.4 Å². The number of benzene rings is 1. The maximum atomic E-state index is 13.4. The molecular weight excluding hydrogens is 594 g/mol. The number of hydrogen-bond donors (Lipinski definition) is 2. The highest BCUT2D eigenvalue weighted by Gasteiger charge is 2.20. The summed E-state index contributed by atoms with van der Waals surface area (Å²) in [6, 6.07) is 3.23. The number of hydrogen-bond acceptors (Lipinski definition) is 10. The van der Waals surface area contributed by atoms with Crippen molar-refractivity contribution in [2.75, 3.05) is 27.4 Å². The summed E-state index contributed by atoms with van der Waals surface area (Å²) in [4.78, 5) is 47.4. The monoisotopic (exact) mass is 633 g/mol. The third-order valence-corrected chi connectivity index (χ3v) is 7.94. The summed E-state index contributed by atoms with van der Waals surface area (Å²) in [6.45, 7) is 9.90. The molecule has 0 aliphatic carbocycles. The number of rotatable bonds is 13. The van der Waals surface area contributed by atoms with Crippen LogP contribution in [0.25, 0.3) is 10.2 Å². The van der Waals surface area contributed by atoms with E-state index in [4.69, 9.17) is 24.7 Å². The van der Waals surface area contributed by atoms with Gasteiger partial charge in [0.1, 0.15) is 21.7 Å². The smallest absolute Gasteiger partial charge is 0.407 e. The van der Waals surface area contributed by atoms with E-state index in [1.54, 1.807) is 39.0 Å². The van der Waals surface area contributed by atoms with Crippen LogP contribution in [0.2, 0.25) is 0 Å². The van der Waals surface area contributed by atoms with Gasteiger partial charge in [-0.05, 0) is 46.2 Å². The van der Waals surface area contributed by atoms with Crippen LogP contribution in [0.3, 0.4) is 0 Å². The van der Waals surface area contributed by atoms with Crippen LogP contribution in [0.4, 0.5) is 4.79 Å².